The Morgan fingerprint density at radius 2 is 0.893 bits per heavy atom. The molecule has 0 bridgehead atoms. The maximum atomic E-state index is 3.94. The molecule has 0 N–H and O–H groups in total. The number of hydrogen-bond acceptors (Lipinski definition) is 2. The summed E-state index contributed by atoms with van der Waals surface area (Å²) in [6, 6.07) is 0. The molecule has 0 aliphatic heterocycles. The molecule has 0 fully saturated rings. The molecule has 2 heterocycles. The molecular formula is C22H44Br2N4. The second-order valence-corrected chi connectivity index (χ2v) is 6.72. The molecule has 0 spiro atoms. The van der Waals surface area contributed by atoms with Crippen LogP contribution in [0.25, 0.3) is 0 Å². The van der Waals surface area contributed by atoms with Gasteiger partial charge in [-0.3, -0.25) is 0 Å². The van der Waals surface area contributed by atoms with Crippen LogP contribution in [-0.2, 0) is 13.1 Å². The lowest BCUT2D eigenvalue weighted by molar-refractivity contribution is 0.624. The van der Waals surface area contributed by atoms with E-state index in [-0.39, 0.29) is 34.0 Å². The maximum absolute atomic E-state index is 3.94. The molecule has 0 aromatic carbocycles. The zero-order valence-electron chi connectivity index (χ0n) is 18.6. The van der Waals surface area contributed by atoms with Crippen molar-refractivity contribution >= 4 is 34.0 Å². The van der Waals surface area contributed by atoms with Crippen molar-refractivity contribution in [2.24, 2.45) is 0 Å². The Morgan fingerprint density at radius 3 is 1.14 bits per heavy atom. The molecule has 0 aliphatic carbocycles. The minimum absolute atomic E-state index is 0. The van der Waals surface area contributed by atoms with Gasteiger partial charge in [-0.25, -0.2) is 9.97 Å². The van der Waals surface area contributed by atoms with Crippen molar-refractivity contribution in [2.75, 3.05) is 0 Å². The predicted molar refractivity (Wildman–Crippen MR) is 134 cm³/mol. The first-order chi connectivity index (χ1) is 12.8. The van der Waals surface area contributed by atoms with Gasteiger partial charge in [-0.05, 0) is 12.8 Å². The monoisotopic (exact) mass is 522 g/mol. The van der Waals surface area contributed by atoms with E-state index < -0.39 is 0 Å². The van der Waals surface area contributed by atoms with Crippen molar-refractivity contribution < 1.29 is 0 Å². The predicted octanol–water partition coefficient (Wildman–Crippen LogP) is 7.89. The number of hydrogen-bond donors (Lipinski definition) is 0. The number of imidazole rings is 2. The normalized spacial score (nSPS) is 9.14. The summed E-state index contributed by atoms with van der Waals surface area (Å²) in [5, 5.41) is 0. The zero-order valence-corrected chi connectivity index (χ0v) is 22.0. The van der Waals surface area contributed by atoms with Crippen LogP contribution in [0.3, 0.4) is 0 Å². The molecule has 0 amide bonds. The number of unbranched alkanes of at least 4 members (excludes halogenated alkanes) is 7. The molecule has 2 aromatic heterocycles. The van der Waals surface area contributed by atoms with E-state index in [0.717, 1.165) is 13.1 Å². The second-order valence-electron chi connectivity index (χ2n) is 6.72. The molecule has 0 saturated heterocycles. The third-order valence-electron chi connectivity index (χ3n) is 4.12. The van der Waals surface area contributed by atoms with Crippen LogP contribution in [0.5, 0.6) is 0 Å². The lowest BCUT2D eigenvalue weighted by Crippen LogP contribution is -1.92. The van der Waals surface area contributed by atoms with Crippen LogP contribution in [0.15, 0.2) is 37.4 Å². The standard InChI is InChI=1S/C8H18.2C7H12N2.2BrH/c1-3-5-7-8-6-4-2;2*1-2-3-5-9-6-4-8-7-9;;/h3-8H2,1-2H3;2*4,6-7H,2-3,5H2,1H3;2*1H. The highest BCUT2D eigenvalue weighted by atomic mass is 79.9. The molecule has 0 atom stereocenters. The minimum atomic E-state index is 0. The number of halogens is 2. The van der Waals surface area contributed by atoms with Gasteiger partial charge in [-0.15, -0.1) is 34.0 Å². The SMILES string of the molecule is Br.Br.CCCCCCCC.CCCCn1ccnc1.CCCCn1ccnc1. The number of nitrogens with zero attached hydrogens (tertiary/aromatic N) is 4. The van der Waals surface area contributed by atoms with Crippen molar-refractivity contribution in [3.63, 3.8) is 0 Å². The summed E-state index contributed by atoms with van der Waals surface area (Å²) in [5.74, 6) is 0. The van der Waals surface area contributed by atoms with Gasteiger partial charge in [-0.2, -0.15) is 0 Å². The molecule has 0 aliphatic rings. The third-order valence-corrected chi connectivity index (χ3v) is 4.12. The van der Waals surface area contributed by atoms with Crippen molar-refractivity contribution in [3.05, 3.63) is 37.4 Å². The van der Waals surface area contributed by atoms with Crippen molar-refractivity contribution in [1.29, 1.82) is 0 Å². The summed E-state index contributed by atoms with van der Waals surface area (Å²) in [6.07, 6.45) is 24.8. The van der Waals surface area contributed by atoms with Crippen molar-refractivity contribution in [2.45, 2.75) is 105 Å². The van der Waals surface area contributed by atoms with Gasteiger partial charge >= 0.3 is 0 Å². The highest BCUT2D eigenvalue weighted by Crippen LogP contribution is 2.03. The lowest BCUT2D eigenvalue weighted by atomic mass is 10.1. The summed E-state index contributed by atoms with van der Waals surface area (Å²) in [5.41, 5.74) is 0. The Balaban J connectivity index is -0.000000324. The van der Waals surface area contributed by atoms with Crippen LogP contribution < -0.4 is 0 Å². The molecular weight excluding hydrogens is 480 g/mol. The Bertz CT molecular complexity index is 415. The van der Waals surface area contributed by atoms with Gasteiger partial charge in [0.05, 0.1) is 12.7 Å². The van der Waals surface area contributed by atoms with E-state index >= 15 is 0 Å². The summed E-state index contributed by atoms with van der Waals surface area (Å²) < 4.78 is 4.20. The van der Waals surface area contributed by atoms with Crippen LogP contribution in [0, 0.1) is 0 Å². The van der Waals surface area contributed by atoms with Gasteiger partial charge in [-0.1, -0.05) is 79.1 Å². The molecule has 0 unspecified atom stereocenters. The lowest BCUT2D eigenvalue weighted by Gasteiger charge is -1.96. The Morgan fingerprint density at radius 1 is 0.536 bits per heavy atom. The number of aryl methyl sites for hydroxylation is 2. The average Bonchev–Trinajstić information content (AvgIpc) is 3.37. The highest BCUT2D eigenvalue weighted by Gasteiger charge is 1.86. The van der Waals surface area contributed by atoms with Gasteiger partial charge < -0.3 is 9.13 Å². The maximum Gasteiger partial charge on any atom is 0.0945 e. The topological polar surface area (TPSA) is 35.6 Å². The van der Waals surface area contributed by atoms with Gasteiger partial charge in [0, 0.05) is 37.9 Å². The molecule has 0 radical (unpaired) electrons. The molecule has 4 nitrogen and oxygen atoms in total. The Labute approximate surface area is 195 Å². The van der Waals surface area contributed by atoms with Crippen molar-refractivity contribution in [1.82, 2.24) is 19.1 Å². The fraction of sp³-hybridized carbons (Fsp3) is 0.727. The Kier molecular flexibility index (Phi) is 30.2. The molecule has 2 rings (SSSR count). The first-order valence-electron chi connectivity index (χ1n) is 10.7. The quantitative estimate of drug-likeness (QED) is 0.280. The molecule has 6 heteroatoms. The van der Waals surface area contributed by atoms with E-state index in [4.69, 9.17) is 0 Å². The molecule has 0 saturated carbocycles. The van der Waals surface area contributed by atoms with Gasteiger partial charge in [0.15, 0.2) is 0 Å². The van der Waals surface area contributed by atoms with Gasteiger partial charge in [0.1, 0.15) is 0 Å². The largest absolute Gasteiger partial charge is 0.337 e. The van der Waals surface area contributed by atoms with Gasteiger partial charge in [0.25, 0.3) is 0 Å². The van der Waals surface area contributed by atoms with Crippen LogP contribution in [0.2, 0.25) is 0 Å². The van der Waals surface area contributed by atoms with E-state index in [9.17, 15) is 0 Å². The van der Waals surface area contributed by atoms with E-state index in [1.165, 1.54) is 64.2 Å². The zero-order chi connectivity index (χ0) is 19.3. The molecule has 28 heavy (non-hydrogen) atoms. The average molecular weight is 524 g/mol. The summed E-state index contributed by atoms with van der Waals surface area (Å²) in [7, 11) is 0. The van der Waals surface area contributed by atoms with Crippen LogP contribution >= 0.6 is 34.0 Å². The highest BCUT2D eigenvalue weighted by molar-refractivity contribution is 8.93. The van der Waals surface area contributed by atoms with Crippen LogP contribution in [0.4, 0.5) is 0 Å². The fourth-order valence-corrected chi connectivity index (χ4v) is 2.37. The van der Waals surface area contributed by atoms with Crippen molar-refractivity contribution in [3.8, 4) is 0 Å². The van der Waals surface area contributed by atoms with E-state index in [2.05, 4.69) is 46.8 Å². The summed E-state index contributed by atoms with van der Waals surface area (Å²) >= 11 is 0. The fourth-order valence-electron chi connectivity index (χ4n) is 2.37. The van der Waals surface area contributed by atoms with E-state index in [0.29, 0.717) is 0 Å². The van der Waals surface area contributed by atoms with E-state index in [1.807, 2.05) is 37.4 Å². The summed E-state index contributed by atoms with van der Waals surface area (Å²) in [4.78, 5) is 7.88. The molecule has 2 aromatic rings. The summed E-state index contributed by atoms with van der Waals surface area (Å²) in [6.45, 7) is 11.1. The van der Waals surface area contributed by atoms with E-state index in [1.54, 1.807) is 0 Å². The van der Waals surface area contributed by atoms with Gasteiger partial charge in [0.2, 0.25) is 0 Å². The second kappa shape index (κ2) is 26.4. The third kappa shape index (κ3) is 21.7. The van der Waals surface area contributed by atoms with Crippen LogP contribution in [0.1, 0.15) is 91.9 Å². The first kappa shape index (κ1) is 32.1. The number of rotatable bonds is 11. The Hall–Kier alpha value is -0.620. The minimum Gasteiger partial charge on any atom is -0.337 e. The molecule has 166 valence electrons. The first-order valence-corrected chi connectivity index (χ1v) is 10.7. The number of aromatic nitrogens is 4. The van der Waals surface area contributed by atoms with Crippen LogP contribution in [-0.4, -0.2) is 19.1 Å². The smallest absolute Gasteiger partial charge is 0.0945 e.